The maximum Gasteiger partial charge on any atom is 0.285 e. The van der Waals surface area contributed by atoms with Crippen molar-refractivity contribution in [1.82, 2.24) is 9.80 Å². The van der Waals surface area contributed by atoms with Gasteiger partial charge in [0.05, 0.1) is 12.5 Å². The van der Waals surface area contributed by atoms with E-state index in [2.05, 4.69) is 4.40 Å². The van der Waals surface area contributed by atoms with Gasteiger partial charge < -0.3 is 14.5 Å². The summed E-state index contributed by atoms with van der Waals surface area (Å²) in [4.78, 5) is 16.9. The molecule has 0 aliphatic carbocycles. The number of hydrogen-bond donors (Lipinski definition) is 0. The number of sulfonamides is 1. The lowest BCUT2D eigenvalue weighted by molar-refractivity contribution is -0.135. The number of hydrogen-bond acceptors (Lipinski definition) is 5. The summed E-state index contributed by atoms with van der Waals surface area (Å²) < 4.78 is 35.3. The van der Waals surface area contributed by atoms with E-state index in [1.54, 1.807) is 0 Å². The number of aryl methyl sites for hydroxylation is 2. The number of nitrogens with zero attached hydrogens (tertiary/aromatic N) is 3. The SMILES string of the molecule is CC1=C(c2ccc(C)c(C)c2)S(=O)(=O)N=C1N1CCCN(C(=O)C2CCOC2)CC1. The molecular formula is C22H29N3O4S. The molecule has 3 aliphatic heterocycles. The summed E-state index contributed by atoms with van der Waals surface area (Å²) in [5, 5.41) is 0. The largest absolute Gasteiger partial charge is 0.381 e. The van der Waals surface area contributed by atoms with Gasteiger partial charge in [0, 0.05) is 38.4 Å². The monoisotopic (exact) mass is 431 g/mol. The molecule has 0 aromatic heterocycles. The Hall–Kier alpha value is -2.19. The van der Waals surface area contributed by atoms with Crippen molar-refractivity contribution in [2.45, 2.75) is 33.6 Å². The van der Waals surface area contributed by atoms with Crippen molar-refractivity contribution >= 4 is 26.7 Å². The Morgan fingerprint density at radius 3 is 2.60 bits per heavy atom. The van der Waals surface area contributed by atoms with Crippen molar-refractivity contribution in [2.24, 2.45) is 10.3 Å². The molecule has 8 heteroatoms. The van der Waals surface area contributed by atoms with E-state index in [-0.39, 0.29) is 11.8 Å². The Morgan fingerprint density at radius 1 is 1.10 bits per heavy atom. The van der Waals surface area contributed by atoms with Crippen LogP contribution >= 0.6 is 0 Å². The molecular weight excluding hydrogens is 402 g/mol. The van der Waals surface area contributed by atoms with E-state index in [0.29, 0.717) is 61.3 Å². The highest BCUT2D eigenvalue weighted by Crippen LogP contribution is 2.34. The molecule has 0 spiro atoms. The summed E-state index contributed by atoms with van der Waals surface area (Å²) in [6.07, 6.45) is 1.57. The molecule has 1 aromatic rings. The van der Waals surface area contributed by atoms with Crippen LogP contribution in [0.5, 0.6) is 0 Å². The lowest BCUT2D eigenvalue weighted by Crippen LogP contribution is -2.40. The molecule has 3 heterocycles. The molecule has 1 atom stereocenters. The summed E-state index contributed by atoms with van der Waals surface area (Å²) in [6.45, 7) is 9.47. The summed E-state index contributed by atoms with van der Waals surface area (Å²) in [5.41, 5.74) is 3.54. The Balaban J connectivity index is 1.55. The van der Waals surface area contributed by atoms with E-state index in [1.165, 1.54) is 0 Å². The fourth-order valence-electron chi connectivity index (χ4n) is 4.40. The number of benzene rings is 1. The van der Waals surface area contributed by atoms with E-state index in [9.17, 15) is 13.2 Å². The van der Waals surface area contributed by atoms with Gasteiger partial charge in [-0.2, -0.15) is 8.42 Å². The lowest BCUT2D eigenvalue weighted by atomic mass is 10.0. The number of ether oxygens (including phenoxy) is 1. The molecule has 30 heavy (non-hydrogen) atoms. The number of rotatable bonds is 2. The molecule has 7 nitrogen and oxygen atoms in total. The van der Waals surface area contributed by atoms with Crippen LogP contribution in [0.3, 0.4) is 0 Å². The van der Waals surface area contributed by atoms with Crippen LogP contribution in [0.25, 0.3) is 4.91 Å². The summed E-state index contributed by atoms with van der Waals surface area (Å²) in [6, 6.07) is 5.71. The first kappa shape index (κ1) is 21.1. The molecule has 1 amide bonds. The topological polar surface area (TPSA) is 79.3 Å². The van der Waals surface area contributed by atoms with Gasteiger partial charge in [0.25, 0.3) is 10.0 Å². The van der Waals surface area contributed by atoms with Gasteiger partial charge in [-0.15, -0.1) is 4.40 Å². The maximum atomic E-state index is 12.9. The van der Waals surface area contributed by atoms with Crippen LogP contribution in [0.1, 0.15) is 36.5 Å². The van der Waals surface area contributed by atoms with Crippen molar-refractivity contribution < 1.29 is 17.9 Å². The van der Waals surface area contributed by atoms with E-state index >= 15 is 0 Å². The number of amidine groups is 1. The van der Waals surface area contributed by atoms with Crippen LogP contribution in [0.4, 0.5) is 0 Å². The first-order chi connectivity index (χ1) is 14.3. The molecule has 0 saturated carbocycles. The third-order valence-corrected chi connectivity index (χ3v) is 7.77. The van der Waals surface area contributed by atoms with E-state index in [0.717, 1.165) is 24.0 Å². The minimum absolute atomic E-state index is 0.0428. The molecule has 3 aliphatic rings. The lowest BCUT2D eigenvalue weighted by Gasteiger charge is -2.25. The zero-order valence-electron chi connectivity index (χ0n) is 17.8. The first-order valence-corrected chi connectivity index (χ1v) is 12.0. The van der Waals surface area contributed by atoms with Gasteiger partial charge in [-0.1, -0.05) is 18.2 Å². The molecule has 0 bridgehead atoms. The Bertz CT molecular complexity index is 1020. The van der Waals surface area contributed by atoms with Crippen molar-refractivity contribution in [3.63, 3.8) is 0 Å². The first-order valence-electron chi connectivity index (χ1n) is 10.5. The van der Waals surface area contributed by atoms with Gasteiger partial charge in [0.15, 0.2) is 0 Å². The third kappa shape index (κ3) is 3.90. The number of carbonyl (C=O) groups excluding carboxylic acids is 1. The molecule has 162 valence electrons. The molecule has 0 N–H and O–H groups in total. The van der Waals surface area contributed by atoms with E-state index in [4.69, 9.17) is 4.74 Å². The smallest absolute Gasteiger partial charge is 0.285 e. The molecule has 1 aromatic carbocycles. The predicted molar refractivity (Wildman–Crippen MR) is 117 cm³/mol. The second-order valence-electron chi connectivity index (χ2n) is 8.37. The van der Waals surface area contributed by atoms with Crippen molar-refractivity contribution in [1.29, 1.82) is 0 Å². The highest BCUT2D eigenvalue weighted by molar-refractivity contribution is 8.00. The van der Waals surface area contributed by atoms with Gasteiger partial charge in [-0.25, -0.2) is 0 Å². The van der Waals surface area contributed by atoms with Gasteiger partial charge in [-0.3, -0.25) is 4.79 Å². The van der Waals surface area contributed by atoms with E-state index in [1.807, 2.05) is 48.8 Å². The summed E-state index contributed by atoms with van der Waals surface area (Å²) in [5.74, 6) is 0.624. The zero-order chi connectivity index (χ0) is 21.5. The van der Waals surface area contributed by atoms with Crippen LogP contribution in [-0.4, -0.2) is 69.4 Å². The van der Waals surface area contributed by atoms with Crippen LogP contribution in [0, 0.1) is 19.8 Å². The highest BCUT2D eigenvalue weighted by atomic mass is 32.2. The standard InChI is InChI=1S/C22H29N3O4S/c1-15-5-6-18(13-16(15)2)20-17(3)21(23-30(20,27)28)24-8-4-9-25(11-10-24)22(26)19-7-12-29-14-19/h5-6,13,19H,4,7-12,14H2,1-3H3. The predicted octanol–water partition coefficient (Wildman–Crippen LogP) is 2.35. The third-order valence-electron chi connectivity index (χ3n) is 6.30. The van der Waals surface area contributed by atoms with E-state index < -0.39 is 10.0 Å². The maximum absolute atomic E-state index is 12.9. The second kappa shape index (κ2) is 8.15. The second-order valence-corrected chi connectivity index (χ2v) is 9.91. The normalized spacial score (nSPS) is 24.2. The van der Waals surface area contributed by atoms with Gasteiger partial charge in [-0.05, 0) is 50.3 Å². The Morgan fingerprint density at radius 2 is 1.90 bits per heavy atom. The average molecular weight is 432 g/mol. The van der Waals surface area contributed by atoms with Crippen LogP contribution in [0.15, 0.2) is 28.2 Å². The molecule has 4 rings (SSSR count). The van der Waals surface area contributed by atoms with Crippen LogP contribution in [0.2, 0.25) is 0 Å². The molecule has 0 radical (unpaired) electrons. The van der Waals surface area contributed by atoms with Crippen molar-refractivity contribution in [3.8, 4) is 0 Å². The molecule has 1 unspecified atom stereocenters. The minimum atomic E-state index is -3.74. The Kier molecular flexibility index (Phi) is 5.72. The van der Waals surface area contributed by atoms with Gasteiger partial charge >= 0.3 is 0 Å². The zero-order valence-corrected chi connectivity index (χ0v) is 18.7. The van der Waals surface area contributed by atoms with Crippen LogP contribution in [-0.2, 0) is 19.6 Å². The van der Waals surface area contributed by atoms with Crippen molar-refractivity contribution in [3.05, 3.63) is 40.5 Å². The summed E-state index contributed by atoms with van der Waals surface area (Å²) in [7, 11) is -3.74. The number of amides is 1. The van der Waals surface area contributed by atoms with Gasteiger partial charge in [0.2, 0.25) is 5.91 Å². The van der Waals surface area contributed by atoms with Gasteiger partial charge in [0.1, 0.15) is 10.7 Å². The fraction of sp³-hybridized carbons (Fsp3) is 0.545. The summed E-state index contributed by atoms with van der Waals surface area (Å²) >= 11 is 0. The average Bonchev–Trinajstić information content (AvgIpc) is 3.23. The number of carbonyl (C=O) groups is 1. The quantitative estimate of drug-likeness (QED) is 0.718. The minimum Gasteiger partial charge on any atom is -0.381 e. The fourth-order valence-corrected chi connectivity index (χ4v) is 5.88. The van der Waals surface area contributed by atoms with Crippen molar-refractivity contribution in [2.75, 3.05) is 39.4 Å². The van der Waals surface area contributed by atoms with Crippen LogP contribution < -0.4 is 0 Å². The highest BCUT2D eigenvalue weighted by Gasteiger charge is 2.35. The Labute approximate surface area is 178 Å². The molecule has 2 fully saturated rings. The molecule has 2 saturated heterocycles.